The molecule has 160 valence electrons. The van der Waals surface area contributed by atoms with E-state index in [1.165, 1.54) is 0 Å². The van der Waals surface area contributed by atoms with E-state index in [4.69, 9.17) is 4.55 Å². The van der Waals surface area contributed by atoms with Gasteiger partial charge in [0.25, 0.3) is 11.9 Å². The average molecular weight is 437 g/mol. The predicted octanol–water partition coefficient (Wildman–Crippen LogP) is 2.89. The molecule has 5 unspecified atom stereocenters. The molecule has 0 fully saturated rings. The van der Waals surface area contributed by atoms with Crippen LogP contribution in [0.25, 0.3) is 0 Å². The number of alkyl halides is 11. The van der Waals surface area contributed by atoms with E-state index in [1.54, 1.807) is 0 Å². The highest BCUT2D eigenvalue weighted by molar-refractivity contribution is 7.86. The van der Waals surface area contributed by atoms with E-state index in [9.17, 15) is 56.7 Å². The van der Waals surface area contributed by atoms with E-state index in [0.717, 1.165) is 0 Å². The first kappa shape index (κ1) is 27.3. The highest BCUT2D eigenvalue weighted by atomic mass is 32.2. The van der Waals surface area contributed by atoms with Crippen LogP contribution in [0.5, 0.6) is 0 Å². The summed E-state index contributed by atoms with van der Waals surface area (Å²) in [5.41, 5.74) is -5.15. The number of hydrogen-bond donors (Lipinski definition) is 2. The Balaban J connectivity index is 0. The smallest absolute Gasteiger partial charge is 0.323 e. The minimum Gasteiger partial charge on any atom is -0.323 e. The molecule has 4 nitrogen and oxygen atoms in total. The fraction of sp³-hybridized carbons (Fsp3) is 1.00. The minimum atomic E-state index is -6.63. The molecule has 0 aliphatic carbocycles. The number of nitrogens with one attached hydrogen (secondary N) is 1. The lowest BCUT2D eigenvalue weighted by atomic mass is 9.98. The van der Waals surface area contributed by atoms with Gasteiger partial charge in [-0.25, -0.2) is 30.7 Å². The molecule has 0 aliphatic heterocycles. The van der Waals surface area contributed by atoms with E-state index in [-0.39, 0.29) is 0 Å². The van der Waals surface area contributed by atoms with Crippen LogP contribution in [-0.2, 0) is 10.1 Å². The van der Waals surface area contributed by atoms with Crippen molar-refractivity contribution >= 4 is 10.1 Å². The average Bonchev–Trinajstić information content (AvgIpc) is 2.50. The molecule has 0 aromatic carbocycles. The minimum absolute atomic E-state index is 1.88. The number of halogens is 11. The Kier molecular flexibility index (Phi) is 10.4. The van der Waals surface area contributed by atoms with Crippen molar-refractivity contribution in [3.8, 4) is 0 Å². The molecule has 0 bridgehead atoms. The SMILES string of the molecule is CNC.O=S(=O)(O)C(F)C(F)(F)C(F)(F)C(F)C(F)C(F)C(F)C(F)F. The maximum atomic E-state index is 13.0. The molecule has 0 aromatic heterocycles. The fourth-order valence-electron chi connectivity index (χ4n) is 1.20. The van der Waals surface area contributed by atoms with E-state index in [1.807, 2.05) is 14.1 Å². The van der Waals surface area contributed by atoms with Crippen LogP contribution < -0.4 is 5.32 Å². The first-order valence-corrected chi connectivity index (χ1v) is 7.70. The lowest BCUT2D eigenvalue weighted by molar-refractivity contribution is -0.264. The zero-order valence-electron chi connectivity index (χ0n) is 12.8. The Labute approximate surface area is 140 Å². The topological polar surface area (TPSA) is 66.4 Å². The molecule has 26 heavy (non-hydrogen) atoms. The van der Waals surface area contributed by atoms with Crippen molar-refractivity contribution in [1.29, 1.82) is 0 Å². The van der Waals surface area contributed by atoms with Gasteiger partial charge in [-0.05, 0) is 14.1 Å². The van der Waals surface area contributed by atoms with E-state index in [0.29, 0.717) is 0 Å². The molecule has 0 aromatic rings. The zero-order valence-corrected chi connectivity index (χ0v) is 13.6. The summed E-state index contributed by atoms with van der Waals surface area (Å²) < 4.78 is 167. The normalized spacial score (nSPS) is 19.2. The van der Waals surface area contributed by atoms with Crippen LogP contribution in [0.1, 0.15) is 0 Å². The molecule has 2 N–H and O–H groups in total. The molecule has 0 saturated heterocycles. The summed E-state index contributed by atoms with van der Waals surface area (Å²) in [4.78, 5) is 0. The van der Waals surface area contributed by atoms with Crippen molar-refractivity contribution < 1.29 is 61.3 Å². The van der Waals surface area contributed by atoms with Crippen molar-refractivity contribution in [3.05, 3.63) is 0 Å². The Bertz CT molecular complexity index is 518. The Morgan fingerprint density at radius 3 is 1.38 bits per heavy atom. The van der Waals surface area contributed by atoms with Crippen molar-refractivity contribution in [2.24, 2.45) is 0 Å². The van der Waals surface area contributed by atoms with E-state index >= 15 is 0 Å². The van der Waals surface area contributed by atoms with Gasteiger partial charge in [-0.15, -0.1) is 0 Å². The quantitative estimate of drug-likeness (QED) is 0.453. The van der Waals surface area contributed by atoms with Gasteiger partial charge in [0, 0.05) is 0 Å². The first-order valence-electron chi connectivity index (χ1n) is 6.20. The number of rotatable bonds is 8. The molecule has 0 radical (unpaired) electrons. The third-order valence-electron chi connectivity index (χ3n) is 2.47. The lowest BCUT2D eigenvalue weighted by Crippen LogP contribution is -2.59. The fourth-order valence-corrected chi connectivity index (χ4v) is 1.73. The molecule has 0 amide bonds. The van der Waals surface area contributed by atoms with Gasteiger partial charge in [-0.2, -0.15) is 26.0 Å². The van der Waals surface area contributed by atoms with E-state index < -0.39 is 58.6 Å². The largest absolute Gasteiger partial charge is 0.360 e. The molecule has 0 rings (SSSR count). The van der Waals surface area contributed by atoms with Crippen LogP contribution in [-0.4, -0.2) is 75.5 Å². The molecule has 0 heterocycles. The predicted molar refractivity (Wildman–Crippen MR) is 66.9 cm³/mol. The van der Waals surface area contributed by atoms with Crippen molar-refractivity contribution in [2.75, 3.05) is 14.1 Å². The van der Waals surface area contributed by atoms with Crippen LogP contribution in [0.4, 0.5) is 48.3 Å². The summed E-state index contributed by atoms with van der Waals surface area (Å²) in [5, 5.41) is 2.75. The first-order chi connectivity index (χ1) is 11.4. The molecular formula is C10H14F11NO3S. The van der Waals surface area contributed by atoms with Gasteiger partial charge in [0.05, 0.1) is 0 Å². The van der Waals surface area contributed by atoms with Gasteiger partial charge in [0.15, 0.2) is 18.5 Å². The Morgan fingerprint density at radius 1 is 0.769 bits per heavy atom. The molecule has 0 saturated carbocycles. The molecule has 0 spiro atoms. The molecule has 5 atom stereocenters. The Morgan fingerprint density at radius 2 is 1.12 bits per heavy atom. The summed E-state index contributed by atoms with van der Waals surface area (Å²) in [5.74, 6) is -13.3. The summed E-state index contributed by atoms with van der Waals surface area (Å²) in [6, 6.07) is 0. The second kappa shape index (κ2) is 9.87. The van der Waals surface area contributed by atoms with Crippen LogP contribution in [0, 0.1) is 0 Å². The maximum absolute atomic E-state index is 13.0. The van der Waals surface area contributed by atoms with Crippen LogP contribution in [0.3, 0.4) is 0 Å². The standard InChI is InChI=1S/C8H7F11O3S.C2H7N/c9-1(3(11)5(13)14)2(10)4(12)7(16,17)8(18,19)6(15)23(20,21)22;1-3-2/h1-6H,(H,20,21,22);3H,1-2H3. The lowest BCUT2D eigenvalue weighted by Gasteiger charge is -2.32. The molecule has 0 aliphatic rings. The van der Waals surface area contributed by atoms with Gasteiger partial charge >= 0.3 is 22.0 Å². The third kappa shape index (κ3) is 6.37. The van der Waals surface area contributed by atoms with Gasteiger partial charge in [0.1, 0.15) is 0 Å². The summed E-state index contributed by atoms with van der Waals surface area (Å²) in [6.07, 6.45) is -22.6. The van der Waals surface area contributed by atoms with Crippen LogP contribution in [0.15, 0.2) is 0 Å². The van der Waals surface area contributed by atoms with Gasteiger partial charge in [-0.3, -0.25) is 4.55 Å². The number of hydrogen-bond acceptors (Lipinski definition) is 3. The maximum Gasteiger partial charge on any atom is 0.360 e. The second-order valence-corrected chi connectivity index (χ2v) is 6.09. The molecule has 16 heteroatoms. The summed E-state index contributed by atoms with van der Waals surface area (Å²) in [7, 11) is -2.78. The summed E-state index contributed by atoms with van der Waals surface area (Å²) >= 11 is 0. The van der Waals surface area contributed by atoms with Gasteiger partial charge in [-0.1, -0.05) is 0 Å². The summed E-state index contributed by atoms with van der Waals surface area (Å²) in [6.45, 7) is 0. The zero-order chi connectivity index (χ0) is 21.7. The second-order valence-electron chi connectivity index (χ2n) is 4.65. The Hall–Kier alpha value is -0.900. The van der Waals surface area contributed by atoms with Crippen LogP contribution in [0.2, 0.25) is 0 Å². The highest BCUT2D eigenvalue weighted by Gasteiger charge is 2.72. The van der Waals surface area contributed by atoms with Crippen molar-refractivity contribution in [1.82, 2.24) is 5.32 Å². The van der Waals surface area contributed by atoms with Gasteiger partial charge < -0.3 is 5.32 Å². The van der Waals surface area contributed by atoms with E-state index in [2.05, 4.69) is 5.32 Å². The van der Waals surface area contributed by atoms with Crippen LogP contribution >= 0.6 is 0 Å². The third-order valence-corrected chi connectivity index (χ3v) is 3.29. The monoisotopic (exact) mass is 437 g/mol. The van der Waals surface area contributed by atoms with Gasteiger partial charge in [0.2, 0.25) is 6.17 Å². The van der Waals surface area contributed by atoms with Crippen molar-refractivity contribution in [3.63, 3.8) is 0 Å². The molecular weight excluding hydrogens is 423 g/mol. The van der Waals surface area contributed by atoms with Crippen molar-refractivity contribution in [2.45, 2.75) is 48.5 Å². The highest BCUT2D eigenvalue weighted by Crippen LogP contribution is 2.45.